The summed E-state index contributed by atoms with van der Waals surface area (Å²) in [4.78, 5) is 17.4. The molecule has 1 aromatic carbocycles. The van der Waals surface area contributed by atoms with E-state index < -0.39 is 6.03 Å². The van der Waals surface area contributed by atoms with Crippen molar-refractivity contribution in [3.63, 3.8) is 0 Å². The number of urea groups is 1. The Bertz CT molecular complexity index is 866. The molecule has 1 aliphatic carbocycles. The third-order valence-electron chi connectivity index (χ3n) is 5.16. The molecule has 0 unspecified atom stereocenters. The zero-order chi connectivity index (χ0) is 22.8. The normalized spacial score (nSPS) is 16.0. The van der Waals surface area contributed by atoms with Gasteiger partial charge in [-0.2, -0.15) is 10.1 Å². The van der Waals surface area contributed by atoms with E-state index in [9.17, 15) is 10.0 Å². The Kier molecular flexibility index (Phi) is 9.31. The summed E-state index contributed by atoms with van der Waals surface area (Å²) in [5.74, 6) is 0.354. The van der Waals surface area contributed by atoms with Crippen LogP contribution in [0.4, 0.5) is 16.2 Å². The predicted octanol–water partition coefficient (Wildman–Crippen LogP) is 5.19. The molecule has 0 aliphatic heterocycles. The van der Waals surface area contributed by atoms with Gasteiger partial charge in [0.25, 0.3) is 0 Å². The van der Waals surface area contributed by atoms with Crippen molar-refractivity contribution in [3.8, 4) is 5.75 Å². The smallest absolute Gasteiger partial charge is 0.489 e. The van der Waals surface area contributed by atoms with Gasteiger partial charge in [0.05, 0.1) is 6.61 Å². The van der Waals surface area contributed by atoms with Crippen LogP contribution in [-0.2, 0) is 0 Å². The van der Waals surface area contributed by atoms with E-state index in [1.54, 1.807) is 36.6 Å². The molecular weight excluding hydrogens is 392 g/mol. The number of benzene rings is 1. The highest BCUT2D eigenvalue weighted by atomic mass is 16.5. The Morgan fingerprint density at radius 1 is 1.39 bits per heavy atom. The average Bonchev–Trinajstić information content (AvgIpc) is 2.75. The second-order valence-corrected chi connectivity index (χ2v) is 7.90. The Morgan fingerprint density at radius 2 is 2.10 bits per heavy atom. The van der Waals surface area contributed by atoms with Crippen LogP contribution in [0.2, 0.25) is 0 Å². The average molecular weight is 428 g/mol. The number of hydrogen-bond acceptors (Lipinski definition) is 5. The van der Waals surface area contributed by atoms with E-state index in [1.165, 1.54) is 19.3 Å². The molecule has 0 spiro atoms. The summed E-state index contributed by atoms with van der Waals surface area (Å²) in [6.45, 7) is 9.65. The minimum absolute atomic E-state index is 0.0806. The molecule has 0 radical (unpaired) electrons. The maximum atomic E-state index is 12.7. The molecule has 1 aromatic rings. The van der Waals surface area contributed by atoms with Crippen molar-refractivity contribution in [1.82, 2.24) is 0 Å². The number of nitrogens with zero attached hydrogens (tertiary/aromatic N) is 2. The van der Waals surface area contributed by atoms with E-state index in [4.69, 9.17) is 10.5 Å². The molecule has 168 valence electrons. The maximum absolute atomic E-state index is 12.7. The van der Waals surface area contributed by atoms with Crippen LogP contribution >= 0.6 is 0 Å². The number of ether oxygens (including phenoxy) is 1. The highest BCUT2D eigenvalue weighted by Gasteiger charge is 2.24. The summed E-state index contributed by atoms with van der Waals surface area (Å²) in [6.07, 6.45) is 12.5. The number of amides is 2. The number of rotatable bonds is 8. The first-order valence-electron chi connectivity index (χ1n) is 10.9. The summed E-state index contributed by atoms with van der Waals surface area (Å²) in [6, 6.07) is 3.02. The Morgan fingerprint density at radius 3 is 2.71 bits per heavy atom. The molecule has 0 aromatic heterocycles. The van der Waals surface area contributed by atoms with Crippen molar-refractivity contribution >= 4 is 29.3 Å². The highest BCUT2D eigenvalue weighted by molar-refractivity contribution is 5.98. The third kappa shape index (κ3) is 6.98. The van der Waals surface area contributed by atoms with E-state index in [-0.39, 0.29) is 5.92 Å². The first-order valence-corrected chi connectivity index (χ1v) is 10.9. The van der Waals surface area contributed by atoms with Crippen LogP contribution in [0.3, 0.4) is 0 Å². The highest BCUT2D eigenvalue weighted by Crippen LogP contribution is 2.30. The van der Waals surface area contributed by atoms with Crippen molar-refractivity contribution in [3.05, 3.63) is 42.5 Å². The lowest BCUT2D eigenvalue weighted by Crippen LogP contribution is -2.31. The molecule has 0 bridgehead atoms. The predicted molar refractivity (Wildman–Crippen MR) is 127 cm³/mol. The fourth-order valence-corrected chi connectivity index (χ4v) is 3.47. The van der Waals surface area contributed by atoms with Gasteiger partial charge in [0, 0.05) is 35.5 Å². The van der Waals surface area contributed by atoms with Gasteiger partial charge in [-0.15, -0.1) is 0 Å². The summed E-state index contributed by atoms with van der Waals surface area (Å²) in [5, 5.41) is 13.2. The fraction of sp³-hybridized carbons (Fsp3) is 0.458. The number of hydroxylamine groups is 1. The lowest BCUT2D eigenvalue weighted by molar-refractivity contribution is -0.697. The van der Waals surface area contributed by atoms with Crippen LogP contribution < -0.4 is 15.8 Å². The molecule has 7 heteroatoms. The molecule has 7 nitrogen and oxygen atoms in total. The largest absolute Gasteiger partial charge is 0.535 e. The summed E-state index contributed by atoms with van der Waals surface area (Å²) < 4.78 is 6.25. The number of nitrogens with two attached hydrogens (primary N) is 1. The van der Waals surface area contributed by atoms with E-state index in [2.05, 4.69) is 16.9 Å². The molecule has 1 aliphatic rings. The van der Waals surface area contributed by atoms with Crippen LogP contribution in [0.15, 0.2) is 41.9 Å². The molecule has 4 N–H and O–H groups in total. The van der Waals surface area contributed by atoms with E-state index >= 15 is 0 Å². The number of hydrogen-bond donors (Lipinski definition) is 3. The van der Waals surface area contributed by atoms with Crippen LogP contribution in [0.1, 0.15) is 58.4 Å². The van der Waals surface area contributed by atoms with Gasteiger partial charge in [0.15, 0.2) is 17.1 Å². The van der Waals surface area contributed by atoms with Crippen LogP contribution in [-0.4, -0.2) is 40.6 Å². The molecule has 1 saturated carbocycles. The van der Waals surface area contributed by atoms with Crippen LogP contribution in [0.25, 0.3) is 0 Å². The van der Waals surface area contributed by atoms with Gasteiger partial charge in [-0.25, -0.2) is 0 Å². The number of allylic oxidation sites excluding steroid dienone is 3. The van der Waals surface area contributed by atoms with E-state index in [1.807, 2.05) is 20.8 Å². The number of nitrogens with one attached hydrogen (secondary N) is 1. The van der Waals surface area contributed by atoms with Gasteiger partial charge in [-0.1, -0.05) is 51.8 Å². The maximum Gasteiger partial charge on any atom is 0.535 e. The monoisotopic (exact) mass is 427 g/mol. The summed E-state index contributed by atoms with van der Waals surface area (Å²) >= 11 is 0. The number of carbonyl (C=O) groups is 1. The van der Waals surface area contributed by atoms with Crippen molar-refractivity contribution < 1.29 is 19.5 Å². The number of carbonyl (C=O) groups excluding carboxylic acids is 1. The summed E-state index contributed by atoms with van der Waals surface area (Å²) in [7, 11) is 0. The standard InChI is InChI=1S/C24H34N4O3/c1-5-7-13-22(17(3)4)28(30)24(29)27-21-14-18(20(25)15-23(21)31-6-2)16-26-19-11-9-8-10-12-19/h5,7,13-17,19H,1,6,8-12H2,2-4H3,(H3-,25,26,27,29,30)/p+1/b13-7-,28-22-. The van der Waals surface area contributed by atoms with Crippen molar-refractivity contribution in [1.29, 1.82) is 0 Å². The first kappa shape index (κ1) is 24.2. The van der Waals surface area contributed by atoms with Gasteiger partial charge in [-0.05, 0) is 36.6 Å². The second-order valence-electron chi connectivity index (χ2n) is 7.90. The van der Waals surface area contributed by atoms with Gasteiger partial charge >= 0.3 is 6.03 Å². The minimum Gasteiger partial charge on any atom is -0.489 e. The zero-order valence-corrected chi connectivity index (χ0v) is 18.8. The van der Waals surface area contributed by atoms with Gasteiger partial charge in [-0.3, -0.25) is 4.99 Å². The molecule has 0 atom stereocenters. The molecule has 2 rings (SSSR count). The van der Waals surface area contributed by atoms with E-state index in [0.717, 1.165) is 12.8 Å². The Hall–Kier alpha value is -3.09. The lowest BCUT2D eigenvalue weighted by atomic mass is 9.96. The summed E-state index contributed by atoms with van der Waals surface area (Å²) in [5.41, 5.74) is 8.28. The van der Waals surface area contributed by atoms with Crippen LogP contribution in [0, 0.1) is 5.92 Å². The molecule has 1 fully saturated rings. The number of nitrogen functional groups attached to an aromatic ring is 1. The van der Waals surface area contributed by atoms with Crippen molar-refractivity contribution in [2.24, 2.45) is 10.9 Å². The lowest BCUT2D eigenvalue weighted by Gasteiger charge is -2.17. The quantitative estimate of drug-likeness (QED) is 0.101. The molecule has 0 heterocycles. The second kappa shape index (κ2) is 11.9. The molecule has 0 saturated heterocycles. The van der Waals surface area contributed by atoms with Crippen molar-refractivity contribution in [2.45, 2.75) is 58.9 Å². The minimum atomic E-state index is -0.696. The van der Waals surface area contributed by atoms with Crippen molar-refractivity contribution in [2.75, 3.05) is 17.7 Å². The fourth-order valence-electron chi connectivity index (χ4n) is 3.47. The number of aliphatic imine (C=N–C) groups is 1. The Balaban J connectivity index is 2.34. The first-order chi connectivity index (χ1) is 14.9. The zero-order valence-electron chi connectivity index (χ0n) is 18.8. The van der Waals surface area contributed by atoms with Gasteiger partial charge < -0.3 is 15.7 Å². The van der Waals surface area contributed by atoms with Gasteiger partial charge in [0.1, 0.15) is 0 Å². The topological polar surface area (TPSA) is 100.0 Å². The van der Waals surface area contributed by atoms with Crippen LogP contribution in [0.5, 0.6) is 5.75 Å². The molecular formula is C24H35N4O3+. The SMILES string of the molecule is C=C/C=C\C(C(C)C)=[N+](\O)C(=O)Nc1cc(C=NC2CCCCC2)c(N)cc1OCC. The third-order valence-corrected chi connectivity index (χ3v) is 5.16. The number of anilines is 2. The Labute approximate surface area is 185 Å². The van der Waals surface area contributed by atoms with E-state index in [0.29, 0.717) is 45.8 Å². The molecule has 2 amide bonds. The molecule has 31 heavy (non-hydrogen) atoms. The van der Waals surface area contributed by atoms with Gasteiger partial charge in [0.2, 0.25) is 0 Å².